The summed E-state index contributed by atoms with van der Waals surface area (Å²) in [5.41, 5.74) is 3.41. The van der Waals surface area contributed by atoms with Crippen molar-refractivity contribution in [3.8, 4) is 34.5 Å². The van der Waals surface area contributed by atoms with Crippen molar-refractivity contribution in [1.82, 2.24) is 19.7 Å². The lowest BCUT2D eigenvalue weighted by Crippen LogP contribution is -2.12. The molecule has 0 atom stereocenters. The standard InChI is InChI=1S/C27H22ClN5O4/c1-35-23-12-9-18(13-24(23)36-2)25-31-27(37-32-25)22-15-33(16-29-22)14-17-7-10-19(11-8-17)30-26(34)20-5-3-4-6-21(20)28/h3-13,15-16H,14H2,1-2H3,(H,30,34). The van der Waals surface area contributed by atoms with E-state index in [1.54, 1.807) is 56.9 Å². The first kappa shape index (κ1) is 24.1. The molecule has 0 saturated carbocycles. The molecule has 5 aromatic rings. The lowest BCUT2D eigenvalue weighted by Gasteiger charge is -2.08. The van der Waals surface area contributed by atoms with Crippen LogP contribution in [0.1, 0.15) is 15.9 Å². The Balaban J connectivity index is 1.25. The second kappa shape index (κ2) is 10.5. The number of anilines is 1. The lowest BCUT2D eigenvalue weighted by molar-refractivity contribution is 0.102. The molecule has 1 N–H and O–H groups in total. The number of carbonyl (C=O) groups is 1. The monoisotopic (exact) mass is 515 g/mol. The zero-order valence-electron chi connectivity index (χ0n) is 20.0. The number of halogens is 1. The molecular weight excluding hydrogens is 494 g/mol. The molecule has 0 radical (unpaired) electrons. The Morgan fingerprint density at radius 1 is 1.03 bits per heavy atom. The molecule has 0 unspecified atom stereocenters. The highest BCUT2D eigenvalue weighted by Gasteiger charge is 2.15. The highest BCUT2D eigenvalue weighted by molar-refractivity contribution is 6.34. The van der Waals surface area contributed by atoms with E-state index in [1.165, 1.54) is 0 Å². The Morgan fingerprint density at radius 2 is 1.81 bits per heavy atom. The molecule has 5 rings (SSSR count). The molecule has 3 aromatic carbocycles. The fourth-order valence-electron chi connectivity index (χ4n) is 3.73. The van der Waals surface area contributed by atoms with Crippen LogP contribution in [0.5, 0.6) is 11.5 Å². The summed E-state index contributed by atoms with van der Waals surface area (Å²) >= 11 is 6.11. The summed E-state index contributed by atoms with van der Waals surface area (Å²) in [6.07, 6.45) is 3.53. The summed E-state index contributed by atoms with van der Waals surface area (Å²) in [6, 6.07) is 19.9. The number of ether oxygens (including phenoxy) is 2. The third kappa shape index (κ3) is 5.31. The Hall–Kier alpha value is -4.63. The van der Waals surface area contributed by atoms with Gasteiger partial charge in [0.2, 0.25) is 5.82 Å². The Labute approximate surface area is 217 Å². The molecule has 0 fully saturated rings. The fourth-order valence-corrected chi connectivity index (χ4v) is 3.95. The van der Waals surface area contributed by atoms with Crippen molar-refractivity contribution in [3.63, 3.8) is 0 Å². The first-order valence-electron chi connectivity index (χ1n) is 11.3. The molecule has 0 aliphatic carbocycles. The number of aromatic nitrogens is 4. The molecule has 0 spiro atoms. The van der Waals surface area contributed by atoms with Crippen LogP contribution < -0.4 is 14.8 Å². The van der Waals surface area contributed by atoms with Gasteiger partial charge in [-0.25, -0.2) is 4.98 Å². The number of nitrogens with zero attached hydrogens (tertiary/aromatic N) is 4. The zero-order valence-corrected chi connectivity index (χ0v) is 20.8. The van der Waals surface area contributed by atoms with Crippen molar-refractivity contribution in [2.75, 3.05) is 19.5 Å². The van der Waals surface area contributed by atoms with Crippen LogP contribution in [0.3, 0.4) is 0 Å². The summed E-state index contributed by atoms with van der Waals surface area (Å²) in [4.78, 5) is 21.3. The number of nitrogens with one attached hydrogen (secondary N) is 1. The first-order valence-corrected chi connectivity index (χ1v) is 11.6. The van der Waals surface area contributed by atoms with Gasteiger partial charge < -0.3 is 23.9 Å². The number of methoxy groups -OCH3 is 2. The number of carbonyl (C=O) groups excluding carboxylic acids is 1. The normalized spacial score (nSPS) is 10.8. The number of hydrogen-bond acceptors (Lipinski definition) is 7. The third-order valence-corrected chi connectivity index (χ3v) is 5.95. The predicted octanol–water partition coefficient (Wildman–Crippen LogP) is 5.57. The van der Waals surface area contributed by atoms with Crippen molar-refractivity contribution < 1.29 is 18.8 Å². The largest absolute Gasteiger partial charge is 0.493 e. The number of amides is 1. The maximum Gasteiger partial charge on any atom is 0.278 e. The van der Waals surface area contributed by atoms with Gasteiger partial charge in [-0.1, -0.05) is 41.0 Å². The second-order valence-electron chi connectivity index (χ2n) is 8.06. The fraction of sp³-hybridized carbons (Fsp3) is 0.111. The van der Waals surface area contributed by atoms with Gasteiger partial charge >= 0.3 is 0 Å². The molecule has 1 amide bonds. The van der Waals surface area contributed by atoms with Crippen LogP contribution in [0.25, 0.3) is 23.0 Å². The number of rotatable bonds is 8. The lowest BCUT2D eigenvalue weighted by atomic mass is 10.2. The van der Waals surface area contributed by atoms with Gasteiger partial charge in [0.15, 0.2) is 11.5 Å². The van der Waals surface area contributed by atoms with E-state index in [-0.39, 0.29) is 5.91 Å². The van der Waals surface area contributed by atoms with E-state index < -0.39 is 0 Å². The molecule has 186 valence electrons. The van der Waals surface area contributed by atoms with Gasteiger partial charge in [0.05, 0.1) is 31.1 Å². The molecule has 0 saturated heterocycles. The van der Waals surface area contributed by atoms with E-state index in [4.69, 9.17) is 25.6 Å². The highest BCUT2D eigenvalue weighted by Crippen LogP contribution is 2.32. The number of benzene rings is 3. The Kier molecular flexibility index (Phi) is 6.87. The van der Waals surface area contributed by atoms with Crippen LogP contribution in [0.2, 0.25) is 5.02 Å². The number of hydrogen-bond donors (Lipinski definition) is 1. The molecule has 37 heavy (non-hydrogen) atoms. The van der Waals surface area contributed by atoms with E-state index in [0.717, 1.165) is 11.1 Å². The summed E-state index contributed by atoms with van der Waals surface area (Å²) < 4.78 is 18.0. The van der Waals surface area contributed by atoms with E-state index >= 15 is 0 Å². The molecular formula is C27H22ClN5O4. The summed E-state index contributed by atoms with van der Waals surface area (Å²) in [6.45, 7) is 0.572. The maximum absolute atomic E-state index is 12.5. The average molecular weight is 516 g/mol. The topological polar surface area (TPSA) is 104 Å². The van der Waals surface area contributed by atoms with Gasteiger partial charge in [-0.15, -0.1) is 0 Å². The van der Waals surface area contributed by atoms with Gasteiger partial charge in [-0.2, -0.15) is 4.98 Å². The molecule has 0 aliphatic rings. The average Bonchev–Trinajstić information content (AvgIpc) is 3.60. The minimum Gasteiger partial charge on any atom is -0.493 e. The van der Waals surface area contributed by atoms with Gasteiger partial charge in [0.25, 0.3) is 11.8 Å². The highest BCUT2D eigenvalue weighted by atomic mass is 35.5. The van der Waals surface area contributed by atoms with E-state index in [9.17, 15) is 4.79 Å². The van der Waals surface area contributed by atoms with Crippen molar-refractivity contribution >= 4 is 23.2 Å². The van der Waals surface area contributed by atoms with Crippen molar-refractivity contribution in [3.05, 3.63) is 95.4 Å². The van der Waals surface area contributed by atoms with Crippen LogP contribution in [0.4, 0.5) is 5.69 Å². The smallest absolute Gasteiger partial charge is 0.278 e. The molecule has 0 bridgehead atoms. The van der Waals surface area contributed by atoms with Crippen LogP contribution in [-0.4, -0.2) is 39.8 Å². The molecule has 2 aromatic heterocycles. The summed E-state index contributed by atoms with van der Waals surface area (Å²) in [7, 11) is 3.15. The van der Waals surface area contributed by atoms with Gasteiger partial charge in [-0.3, -0.25) is 4.79 Å². The van der Waals surface area contributed by atoms with Crippen LogP contribution in [0.15, 0.2) is 83.8 Å². The van der Waals surface area contributed by atoms with Gasteiger partial charge in [0.1, 0.15) is 5.69 Å². The SMILES string of the molecule is COc1ccc(-c2noc(-c3cn(Cc4ccc(NC(=O)c5ccccc5Cl)cc4)cn3)n2)cc1OC. The first-order chi connectivity index (χ1) is 18.0. The van der Waals surface area contributed by atoms with Crippen LogP contribution in [-0.2, 0) is 6.54 Å². The molecule has 0 aliphatic heterocycles. The van der Waals surface area contributed by atoms with Crippen LogP contribution >= 0.6 is 11.6 Å². The zero-order chi connectivity index (χ0) is 25.8. The van der Waals surface area contributed by atoms with E-state index in [2.05, 4.69) is 20.4 Å². The van der Waals surface area contributed by atoms with Crippen LogP contribution in [0, 0.1) is 0 Å². The van der Waals surface area contributed by atoms with E-state index in [1.807, 2.05) is 41.1 Å². The third-order valence-electron chi connectivity index (χ3n) is 5.62. The summed E-state index contributed by atoms with van der Waals surface area (Å²) in [5.74, 6) is 1.65. The minimum atomic E-state index is -0.260. The van der Waals surface area contributed by atoms with Crippen molar-refractivity contribution in [2.24, 2.45) is 0 Å². The minimum absolute atomic E-state index is 0.260. The number of imidazole rings is 1. The van der Waals surface area contributed by atoms with Crippen molar-refractivity contribution in [1.29, 1.82) is 0 Å². The predicted molar refractivity (Wildman–Crippen MR) is 139 cm³/mol. The molecule has 2 heterocycles. The molecule has 9 nitrogen and oxygen atoms in total. The van der Waals surface area contributed by atoms with E-state index in [0.29, 0.717) is 51.7 Å². The molecule has 10 heteroatoms. The van der Waals surface area contributed by atoms with Gasteiger partial charge in [-0.05, 0) is 48.0 Å². The van der Waals surface area contributed by atoms with Gasteiger partial charge in [0, 0.05) is 24.0 Å². The Bertz CT molecular complexity index is 1540. The quantitative estimate of drug-likeness (QED) is 0.288. The summed E-state index contributed by atoms with van der Waals surface area (Å²) in [5, 5.41) is 7.34. The Morgan fingerprint density at radius 3 is 2.57 bits per heavy atom. The van der Waals surface area contributed by atoms with Crippen molar-refractivity contribution in [2.45, 2.75) is 6.54 Å². The second-order valence-corrected chi connectivity index (χ2v) is 8.46. The maximum atomic E-state index is 12.5.